The lowest BCUT2D eigenvalue weighted by atomic mass is 9.94. The van der Waals surface area contributed by atoms with Crippen LogP contribution in [0.15, 0.2) is 60.7 Å². The van der Waals surface area contributed by atoms with Gasteiger partial charge in [0.2, 0.25) is 0 Å². The van der Waals surface area contributed by atoms with E-state index in [0.717, 1.165) is 6.07 Å². The quantitative estimate of drug-likeness (QED) is 0.282. The number of halogens is 1. The van der Waals surface area contributed by atoms with E-state index < -0.39 is 28.9 Å². The molecule has 0 aliphatic heterocycles. The van der Waals surface area contributed by atoms with Crippen LogP contribution in [0.4, 0.5) is 10.1 Å². The van der Waals surface area contributed by atoms with Crippen LogP contribution in [-0.4, -0.2) is 22.0 Å². The predicted octanol–water partition coefficient (Wildman–Crippen LogP) is 3.44. The Bertz CT molecular complexity index is 1130. The van der Waals surface area contributed by atoms with Crippen LogP contribution in [0.25, 0.3) is 0 Å². The van der Waals surface area contributed by atoms with Crippen molar-refractivity contribution in [3.8, 4) is 17.6 Å². The highest BCUT2D eigenvalue weighted by Gasteiger charge is 2.23. The summed E-state index contributed by atoms with van der Waals surface area (Å²) >= 11 is 0. The summed E-state index contributed by atoms with van der Waals surface area (Å²) in [5.74, 6) is 2.44. The van der Waals surface area contributed by atoms with Crippen molar-refractivity contribution >= 4 is 17.4 Å². The van der Waals surface area contributed by atoms with Gasteiger partial charge in [-0.15, -0.1) is 0 Å². The van der Waals surface area contributed by atoms with Gasteiger partial charge in [-0.3, -0.25) is 4.79 Å². The van der Waals surface area contributed by atoms with Crippen molar-refractivity contribution in [2.24, 2.45) is 0 Å². The number of rotatable bonds is 3. The molecule has 0 spiro atoms. The Morgan fingerprint density at radius 2 is 1.57 bits per heavy atom. The molecule has 0 saturated heterocycles. The van der Waals surface area contributed by atoms with E-state index >= 15 is 0 Å². The third kappa shape index (κ3) is 3.69. The van der Waals surface area contributed by atoms with E-state index in [9.17, 15) is 24.2 Å². The number of anilines is 1. The van der Waals surface area contributed by atoms with Crippen molar-refractivity contribution in [3.63, 3.8) is 0 Å². The van der Waals surface area contributed by atoms with Gasteiger partial charge in [-0.1, -0.05) is 42.2 Å². The number of ketones is 1. The molecule has 4 N–H and O–H groups in total. The van der Waals surface area contributed by atoms with Crippen molar-refractivity contribution < 1.29 is 24.2 Å². The molecule has 0 radical (unpaired) electrons. The molecule has 0 saturated carbocycles. The van der Waals surface area contributed by atoms with E-state index in [2.05, 4.69) is 11.8 Å². The summed E-state index contributed by atoms with van der Waals surface area (Å²) in [7, 11) is 0. The smallest absolute Gasteiger partial charge is 0.339 e. The van der Waals surface area contributed by atoms with Gasteiger partial charge in [0.15, 0.2) is 11.5 Å². The van der Waals surface area contributed by atoms with Gasteiger partial charge in [-0.05, 0) is 30.3 Å². The molecule has 0 fully saturated rings. The number of hydrogen-bond acceptors (Lipinski definition) is 4. The van der Waals surface area contributed by atoms with Gasteiger partial charge in [0, 0.05) is 16.7 Å². The highest BCUT2D eigenvalue weighted by Crippen LogP contribution is 2.32. The molecule has 6 heteroatoms. The number of aromatic hydroxyl groups is 1. The van der Waals surface area contributed by atoms with Gasteiger partial charge < -0.3 is 15.9 Å². The summed E-state index contributed by atoms with van der Waals surface area (Å²) in [5, 5.41) is 19.4. The van der Waals surface area contributed by atoms with E-state index in [1.807, 2.05) is 0 Å². The van der Waals surface area contributed by atoms with E-state index in [4.69, 9.17) is 5.73 Å². The van der Waals surface area contributed by atoms with Crippen LogP contribution in [0.3, 0.4) is 0 Å². The third-order valence-corrected chi connectivity index (χ3v) is 4.02. The lowest BCUT2D eigenvalue weighted by Gasteiger charge is -2.11. The Morgan fingerprint density at radius 3 is 2.18 bits per heavy atom. The molecule has 0 aromatic heterocycles. The Kier molecular flexibility index (Phi) is 5.10. The molecule has 0 amide bonds. The zero-order valence-electron chi connectivity index (χ0n) is 14.4. The molecular formula is C22H14FNO4. The van der Waals surface area contributed by atoms with E-state index in [0.29, 0.717) is 11.1 Å². The number of aromatic carboxylic acids is 1. The number of carbonyl (C=O) groups excluding carboxylic acids is 1. The number of hydrogen-bond donors (Lipinski definition) is 3. The van der Waals surface area contributed by atoms with Crippen LogP contribution in [0.2, 0.25) is 0 Å². The average Bonchev–Trinajstić information content (AvgIpc) is 2.70. The molecule has 3 aromatic rings. The number of carboxylic acid groups (broad SMARTS) is 1. The van der Waals surface area contributed by atoms with Crippen molar-refractivity contribution in [2.75, 3.05) is 5.73 Å². The molecule has 0 heterocycles. The minimum Gasteiger partial charge on any atom is -0.505 e. The van der Waals surface area contributed by atoms with Crippen LogP contribution in [0, 0.1) is 17.7 Å². The highest BCUT2D eigenvalue weighted by atomic mass is 19.1. The number of benzene rings is 3. The maximum absolute atomic E-state index is 13.0. The molecule has 3 aromatic carbocycles. The molecule has 0 unspecified atom stereocenters. The summed E-state index contributed by atoms with van der Waals surface area (Å²) in [6.45, 7) is 0. The molecule has 0 aliphatic carbocycles. The highest BCUT2D eigenvalue weighted by molar-refractivity contribution is 6.13. The summed E-state index contributed by atoms with van der Waals surface area (Å²) in [6.07, 6.45) is 0. The van der Waals surface area contributed by atoms with Gasteiger partial charge in [0.25, 0.3) is 0 Å². The maximum Gasteiger partial charge on any atom is 0.339 e. The van der Waals surface area contributed by atoms with Crippen molar-refractivity contribution in [1.82, 2.24) is 0 Å². The zero-order valence-corrected chi connectivity index (χ0v) is 14.4. The average molecular weight is 375 g/mol. The molecule has 5 nitrogen and oxygen atoms in total. The largest absolute Gasteiger partial charge is 0.505 e. The fraction of sp³-hybridized carbons (Fsp3) is 0. The second-order valence-electron chi connectivity index (χ2n) is 5.87. The third-order valence-electron chi connectivity index (χ3n) is 4.02. The lowest BCUT2D eigenvalue weighted by Crippen LogP contribution is -2.10. The topological polar surface area (TPSA) is 101 Å². The number of phenols is 1. The molecule has 138 valence electrons. The van der Waals surface area contributed by atoms with E-state index in [-0.39, 0.29) is 16.8 Å². The van der Waals surface area contributed by atoms with Crippen LogP contribution in [0.5, 0.6) is 5.75 Å². The Hall–Kier alpha value is -4.11. The normalized spacial score (nSPS) is 10.0. The van der Waals surface area contributed by atoms with Crippen LogP contribution in [0.1, 0.15) is 37.4 Å². The number of carboxylic acids is 1. The fourth-order valence-electron chi connectivity index (χ4n) is 2.58. The standard InChI is InChI=1S/C22H14FNO4/c23-15-9-6-13(7-10-15)8-11-16-17(20(25)14-4-2-1-3-5-14)12-18(22(27)28)21(26)19(16)24/h1-7,9-10,12,26H,24H2,(H,27,28). The Labute approximate surface area is 159 Å². The van der Waals surface area contributed by atoms with Crippen molar-refractivity contribution in [1.29, 1.82) is 0 Å². The summed E-state index contributed by atoms with van der Waals surface area (Å²) < 4.78 is 13.0. The lowest BCUT2D eigenvalue weighted by molar-refractivity contribution is 0.0694. The number of nitrogen functional groups attached to an aromatic ring is 1. The summed E-state index contributed by atoms with van der Waals surface area (Å²) in [6, 6.07) is 14.6. The Balaban J connectivity index is 2.20. The fourth-order valence-corrected chi connectivity index (χ4v) is 2.58. The zero-order chi connectivity index (χ0) is 20.3. The number of carbonyl (C=O) groups is 2. The molecule has 28 heavy (non-hydrogen) atoms. The molecule has 0 aliphatic rings. The van der Waals surface area contributed by atoms with E-state index in [1.165, 1.54) is 24.3 Å². The summed E-state index contributed by atoms with van der Waals surface area (Å²) in [5.41, 5.74) is 5.82. The van der Waals surface area contributed by atoms with Crippen molar-refractivity contribution in [2.45, 2.75) is 0 Å². The van der Waals surface area contributed by atoms with Gasteiger partial charge in [-0.25, -0.2) is 9.18 Å². The first-order valence-corrected chi connectivity index (χ1v) is 8.14. The summed E-state index contributed by atoms with van der Waals surface area (Å²) in [4.78, 5) is 24.3. The van der Waals surface area contributed by atoms with E-state index in [1.54, 1.807) is 30.3 Å². The van der Waals surface area contributed by atoms with Crippen molar-refractivity contribution in [3.05, 3.63) is 94.3 Å². The number of nitrogens with two attached hydrogens (primary N) is 1. The Morgan fingerprint density at radius 1 is 0.929 bits per heavy atom. The van der Waals surface area contributed by atoms with Gasteiger partial charge in [0.05, 0.1) is 11.3 Å². The first-order valence-electron chi connectivity index (χ1n) is 8.14. The first-order chi connectivity index (χ1) is 13.4. The van der Waals surface area contributed by atoms with Gasteiger partial charge in [0.1, 0.15) is 11.4 Å². The molecule has 0 atom stereocenters. The minimum atomic E-state index is -1.43. The maximum atomic E-state index is 13.0. The van der Waals surface area contributed by atoms with Crippen LogP contribution < -0.4 is 5.73 Å². The van der Waals surface area contributed by atoms with Crippen LogP contribution in [-0.2, 0) is 0 Å². The second-order valence-corrected chi connectivity index (χ2v) is 5.87. The molecule has 3 rings (SSSR count). The van der Waals surface area contributed by atoms with Crippen LogP contribution >= 0.6 is 0 Å². The predicted molar refractivity (Wildman–Crippen MR) is 102 cm³/mol. The van der Waals surface area contributed by atoms with Gasteiger partial charge in [-0.2, -0.15) is 0 Å². The molecule has 0 bridgehead atoms. The first kappa shape index (κ1) is 18.7. The second kappa shape index (κ2) is 7.64. The SMILES string of the molecule is Nc1c(O)c(C(=O)O)cc(C(=O)c2ccccc2)c1C#Cc1ccc(F)cc1. The monoisotopic (exact) mass is 375 g/mol. The molecular weight excluding hydrogens is 361 g/mol. The minimum absolute atomic E-state index is 0.000628. The van der Waals surface area contributed by atoms with Gasteiger partial charge >= 0.3 is 5.97 Å².